The average molecular weight is 431 g/mol. The second-order valence-corrected chi connectivity index (χ2v) is 6.42. The van der Waals surface area contributed by atoms with Gasteiger partial charge in [-0.3, -0.25) is 14.9 Å². The first-order chi connectivity index (χ1) is 14.9. The molecule has 0 bridgehead atoms. The number of nitro benzene ring substituents is 1. The van der Waals surface area contributed by atoms with Crippen molar-refractivity contribution in [3.63, 3.8) is 0 Å². The number of hydrogen-bond donors (Lipinski definition) is 0. The molecule has 0 radical (unpaired) electrons. The summed E-state index contributed by atoms with van der Waals surface area (Å²) in [6, 6.07) is 6.90. The van der Waals surface area contributed by atoms with E-state index in [1.165, 1.54) is 19.2 Å². The topological polar surface area (TPSA) is 123 Å². The number of fused-ring (bicyclic) bond motifs is 1. The van der Waals surface area contributed by atoms with Gasteiger partial charge in [0.2, 0.25) is 0 Å². The zero-order valence-corrected chi connectivity index (χ0v) is 17.0. The molecule has 1 aliphatic heterocycles. The minimum Gasteiger partial charge on any atom is -0.493 e. The number of nitro groups is 1. The minimum atomic E-state index is -1.03. The van der Waals surface area contributed by atoms with Crippen molar-refractivity contribution in [3.8, 4) is 23.0 Å². The van der Waals surface area contributed by atoms with E-state index in [9.17, 15) is 19.7 Å². The third-order valence-corrected chi connectivity index (χ3v) is 4.40. The van der Waals surface area contributed by atoms with Gasteiger partial charge in [0.05, 0.1) is 37.9 Å². The lowest BCUT2D eigenvalue weighted by atomic mass is 10.1. The van der Waals surface area contributed by atoms with Gasteiger partial charge in [0, 0.05) is 18.1 Å². The maximum atomic E-state index is 12.5. The molecule has 0 unspecified atom stereocenters. The third kappa shape index (κ3) is 5.03. The molecule has 1 heterocycles. The average Bonchev–Trinajstić information content (AvgIpc) is 3.01. The Bertz CT molecular complexity index is 1000. The predicted octanol–water partition coefficient (Wildman–Crippen LogP) is 3.20. The van der Waals surface area contributed by atoms with E-state index in [0.717, 1.165) is 18.6 Å². The molecule has 0 saturated heterocycles. The van der Waals surface area contributed by atoms with Crippen LogP contribution in [-0.2, 0) is 4.74 Å². The molecule has 0 amide bonds. The second kappa shape index (κ2) is 9.79. The van der Waals surface area contributed by atoms with Crippen LogP contribution in [0, 0.1) is 10.1 Å². The Morgan fingerprint density at radius 3 is 2.52 bits per heavy atom. The number of rotatable bonds is 8. The van der Waals surface area contributed by atoms with Crippen LogP contribution in [0.1, 0.15) is 34.1 Å². The van der Waals surface area contributed by atoms with Crippen molar-refractivity contribution >= 4 is 17.4 Å². The van der Waals surface area contributed by atoms with Gasteiger partial charge in [-0.15, -0.1) is 0 Å². The molecule has 3 rings (SSSR count). The van der Waals surface area contributed by atoms with Gasteiger partial charge >= 0.3 is 5.97 Å². The maximum absolute atomic E-state index is 12.5. The first-order valence-corrected chi connectivity index (χ1v) is 9.53. The number of Topliss-reactive ketones (excluding diaryl/α,β-unsaturated/α-hetero) is 1. The van der Waals surface area contributed by atoms with Gasteiger partial charge in [0.1, 0.15) is 5.56 Å². The minimum absolute atomic E-state index is 0.122. The summed E-state index contributed by atoms with van der Waals surface area (Å²) in [6.45, 7) is 2.33. The van der Waals surface area contributed by atoms with Crippen LogP contribution >= 0.6 is 0 Å². The van der Waals surface area contributed by atoms with Crippen molar-refractivity contribution in [3.05, 3.63) is 51.6 Å². The number of methoxy groups -OCH3 is 1. The molecule has 164 valence electrons. The van der Waals surface area contributed by atoms with Crippen LogP contribution in [0.5, 0.6) is 23.0 Å². The van der Waals surface area contributed by atoms with Crippen LogP contribution in [0.25, 0.3) is 0 Å². The van der Waals surface area contributed by atoms with E-state index in [4.69, 9.17) is 23.7 Å². The van der Waals surface area contributed by atoms with Crippen LogP contribution in [0.15, 0.2) is 30.3 Å². The van der Waals surface area contributed by atoms with Gasteiger partial charge in [0.15, 0.2) is 35.4 Å². The molecule has 2 aromatic rings. The van der Waals surface area contributed by atoms with E-state index in [0.29, 0.717) is 24.7 Å². The largest absolute Gasteiger partial charge is 0.493 e. The lowest BCUT2D eigenvalue weighted by molar-refractivity contribution is -0.385. The van der Waals surface area contributed by atoms with Crippen molar-refractivity contribution in [2.45, 2.75) is 13.3 Å². The highest BCUT2D eigenvalue weighted by Gasteiger charge is 2.26. The molecule has 0 aliphatic carbocycles. The Balaban J connectivity index is 1.76. The molecule has 31 heavy (non-hydrogen) atoms. The smallest absolute Gasteiger partial charge is 0.345 e. The van der Waals surface area contributed by atoms with Crippen LogP contribution in [-0.4, -0.2) is 50.2 Å². The summed E-state index contributed by atoms with van der Waals surface area (Å²) < 4.78 is 26.5. The van der Waals surface area contributed by atoms with Gasteiger partial charge in [-0.1, -0.05) is 0 Å². The summed E-state index contributed by atoms with van der Waals surface area (Å²) in [5, 5.41) is 11.4. The van der Waals surface area contributed by atoms with E-state index in [1.54, 1.807) is 13.0 Å². The van der Waals surface area contributed by atoms with Crippen molar-refractivity contribution in [2.24, 2.45) is 0 Å². The molecule has 0 saturated carbocycles. The van der Waals surface area contributed by atoms with Gasteiger partial charge in [0.25, 0.3) is 5.69 Å². The standard InChI is InChI=1S/C21H21NO9/c1-3-28-20-11-15(22(25)26)14(10-18(20)27-2)21(24)31-12-16(23)13-5-6-17-19(9-13)30-8-4-7-29-17/h5-6,9-11H,3-4,7-8,12H2,1-2H3. The number of hydrogen-bond acceptors (Lipinski definition) is 9. The van der Waals surface area contributed by atoms with E-state index in [1.807, 2.05) is 0 Å². The molecule has 10 heteroatoms. The SMILES string of the molecule is CCOc1cc([N+](=O)[O-])c(C(=O)OCC(=O)c2ccc3c(c2)OCCCO3)cc1OC. The van der Waals surface area contributed by atoms with Crippen molar-refractivity contribution in [2.75, 3.05) is 33.5 Å². The number of nitrogens with zero attached hydrogens (tertiary/aromatic N) is 1. The molecule has 0 aromatic heterocycles. The lowest BCUT2D eigenvalue weighted by Crippen LogP contribution is -2.16. The highest BCUT2D eigenvalue weighted by Crippen LogP contribution is 2.35. The summed E-state index contributed by atoms with van der Waals surface area (Å²) in [5.41, 5.74) is -0.607. The van der Waals surface area contributed by atoms with Crippen LogP contribution in [0.2, 0.25) is 0 Å². The van der Waals surface area contributed by atoms with Gasteiger partial charge in [-0.05, 0) is 25.1 Å². The molecule has 0 fully saturated rings. The highest BCUT2D eigenvalue weighted by atomic mass is 16.6. The number of carbonyl (C=O) groups is 2. The Labute approximate surface area is 177 Å². The monoisotopic (exact) mass is 431 g/mol. The van der Waals surface area contributed by atoms with Gasteiger partial charge in [-0.2, -0.15) is 0 Å². The molecule has 1 aliphatic rings. The molecule has 0 spiro atoms. The zero-order chi connectivity index (χ0) is 22.4. The number of esters is 1. The molecular weight excluding hydrogens is 410 g/mol. The first-order valence-electron chi connectivity index (χ1n) is 9.53. The molecule has 10 nitrogen and oxygen atoms in total. The number of ether oxygens (including phenoxy) is 5. The number of ketones is 1. The summed E-state index contributed by atoms with van der Waals surface area (Å²) in [6.07, 6.45) is 0.722. The molecule has 0 N–H and O–H groups in total. The van der Waals surface area contributed by atoms with E-state index < -0.39 is 29.0 Å². The van der Waals surface area contributed by atoms with E-state index >= 15 is 0 Å². The van der Waals surface area contributed by atoms with Crippen molar-refractivity contribution < 1.29 is 38.2 Å². The number of benzene rings is 2. The van der Waals surface area contributed by atoms with E-state index in [-0.39, 0.29) is 29.2 Å². The molecule has 0 atom stereocenters. The molecule has 2 aromatic carbocycles. The maximum Gasteiger partial charge on any atom is 0.345 e. The summed E-state index contributed by atoms with van der Waals surface area (Å²) >= 11 is 0. The fourth-order valence-corrected chi connectivity index (χ4v) is 2.92. The van der Waals surface area contributed by atoms with E-state index in [2.05, 4.69) is 0 Å². The van der Waals surface area contributed by atoms with Gasteiger partial charge < -0.3 is 23.7 Å². The Hall–Kier alpha value is -3.82. The van der Waals surface area contributed by atoms with Crippen molar-refractivity contribution in [1.29, 1.82) is 0 Å². The quantitative estimate of drug-likeness (QED) is 0.268. The highest BCUT2D eigenvalue weighted by molar-refractivity contribution is 6.01. The third-order valence-electron chi connectivity index (χ3n) is 4.40. The second-order valence-electron chi connectivity index (χ2n) is 6.42. The number of carbonyl (C=O) groups excluding carboxylic acids is 2. The lowest BCUT2D eigenvalue weighted by Gasteiger charge is -2.12. The van der Waals surface area contributed by atoms with Crippen LogP contribution < -0.4 is 18.9 Å². The zero-order valence-electron chi connectivity index (χ0n) is 17.0. The van der Waals surface area contributed by atoms with Crippen LogP contribution in [0.4, 0.5) is 5.69 Å². The Kier molecular flexibility index (Phi) is 6.91. The fraction of sp³-hybridized carbons (Fsp3) is 0.333. The normalized spacial score (nSPS) is 12.5. The Morgan fingerprint density at radius 1 is 1.10 bits per heavy atom. The fourth-order valence-electron chi connectivity index (χ4n) is 2.92. The van der Waals surface area contributed by atoms with Crippen LogP contribution in [0.3, 0.4) is 0 Å². The summed E-state index contributed by atoms with van der Waals surface area (Å²) in [4.78, 5) is 35.7. The Morgan fingerprint density at radius 2 is 1.84 bits per heavy atom. The molecular formula is C21H21NO9. The van der Waals surface area contributed by atoms with Crippen molar-refractivity contribution in [1.82, 2.24) is 0 Å². The summed E-state index contributed by atoms with van der Waals surface area (Å²) in [7, 11) is 1.34. The summed E-state index contributed by atoms with van der Waals surface area (Å²) in [5.74, 6) is -0.310. The van der Waals surface area contributed by atoms with Gasteiger partial charge in [-0.25, -0.2) is 4.79 Å². The predicted molar refractivity (Wildman–Crippen MR) is 107 cm³/mol. The first kappa shape index (κ1) is 21.9.